The van der Waals surface area contributed by atoms with Gasteiger partial charge in [-0.25, -0.2) is 0 Å². The highest BCUT2D eigenvalue weighted by Crippen LogP contribution is 2.52. The normalized spacial score (nSPS) is 43.0. The van der Waals surface area contributed by atoms with E-state index >= 15 is 0 Å². The van der Waals surface area contributed by atoms with Gasteiger partial charge in [0.1, 0.15) is 0 Å². The molecule has 0 aromatic rings. The van der Waals surface area contributed by atoms with Crippen LogP contribution in [0.3, 0.4) is 0 Å². The maximum Gasteiger partial charge on any atom is 0.0860 e. The van der Waals surface area contributed by atoms with Crippen molar-refractivity contribution in [1.82, 2.24) is 0 Å². The fourth-order valence-corrected chi connectivity index (χ4v) is 4.46. The van der Waals surface area contributed by atoms with Crippen LogP contribution in [-0.4, -0.2) is 10.7 Å². The molecule has 0 aromatic carbocycles. The number of hydrogen-bond donors (Lipinski definition) is 1. The third-order valence-corrected chi connectivity index (χ3v) is 6.27. The van der Waals surface area contributed by atoms with Gasteiger partial charge in [-0.1, -0.05) is 33.6 Å². The molecular formula is C18H31NO. The van der Waals surface area contributed by atoms with E-state index in [4.69, 9.17) is 0 Å². The van der Waals surface area contributed by atoms with Gasteiger partial charge >= 0.3 is 0 Å². The fraction of sp³-hybridized carbons (Fsp3) is 0.944. The minimum absolute atomic E-state index is 0.470. The highest BCUT2D eigenvalue weighted by molar-refractivity contribution is 5.13. The van der Waals surface area contributed by atoms with Crippen LogP contribution in [-0.2, 0) is 0 Å². The smallest absolute Gasteiger partial charge is 0.0860 e. The van der Waals surface area contributed by atoms with Crippen LogP contribution in [0.15, 0.2) is 0 Å². The molecule has 2 saturated carbocycles. The van der Waals surface area contributed by atoms with E-state index < -0.39 is 11.0 Å². The summed E-state index contributed by atoms with van der Waals surface area (Å²) in [6.07, 6.45) is 9.05. The summed E-state index contributed by atoms with van der Waals surface area (Å²) in [5.74, 6) is 2.15. The Kier molecular flexibility index (Phi) is 4.80. The lowest BCUT2D eigenvalue weighted by Crippen LogP contribution is -2.49. The van der Waals surface area contributed by atoms with Crippen molar-refractivity contribution in [1.29, 1.82) is 5.26 Å². The van der Waals surface area contributed by atoms with Crippen LogP contribution in [0.25, 0.3) is 0 Å². The number of hydrogen-bond acceptors (Lipinski definition) is 2. The summed E-state index contributed by atoms with van der Waals surface area (Å²) in [5, 5.41) is 21.1. The molecule has 2 nitrogen and oxygen atoms in total. The molecule has 0 amide bonds. The van der Waals surface area contributed by atoms with Gasteiger partial charge < -0.3 is 5.11 Å². The van der Waals surface area contributed by atoms with Gasteiger partial charge in [0.15, 0.2) is 0 Å². The van der Waals surface area contributed by atoms with Crippen molar-refractivity contribution in [2.45, 2.75) is 84.2 Å². The first-order chi connectivity index (χ1) is 9.42. The Labute approximate surface area is 124 Å². The first-order valence-electron chi connectivity index (χ1n) is 8.56. The van der Waals surface area contributed by atoms with Gasteiger partial charge in [0.25, 0.3) is 0 Å². The number of nitriles is 1. The number of aliphatic hydroxyl groups is 1. The Morgan fingerprint density at radius 2 is 1.70 bits per heavy atom. The fourth-order valence-electron chi connectivity index (χ4n) is 4.46. The molecule has 114 valence electrons. The highest BCUT2D eigenvalue weighted by Gasteiger charge is 2.52. The molecule has 20 heavy (non-hydrogen) atoms. The minimum atomic E-state index is -0.728. The Morgan fingerprint density at radius 3 is 2.25 bits per heavy atom. The second kappa shape index (κ2) is 6.06. The van der Waals surface area contributed by atoms with E-state index in [0.29, 0.717) is 11.8 Å². The predicted octanol–water partition coefficient (Wildman–Crippen LogP) is 4.67. The molecule has 2 unspecified atom stereocenters. The summed E-state index contributed by atoms with van der Waals surface area (Å²) in [7, 11) is 0. The molecule has 0 radical (unpaired) electrons. The van der Waals surface area contributed by atoms with Gasteiger partial charge in [0.2, 0.25) is 0 Å². The van der Waals surface area contributed by atoms with Crippen LogP contribution in [0.5, 0.6) is 0 Å². The van der Waals surface area contributed by atoms with Crippen molar-refractivity contribution in [3.8, 4) is 6.07 Å². The Hall–Kier alpha value is -0.550. The van der Waals surface area contributed by atoms with Crippen molar-refractivity contribution >= 4 is 0 Å². The third-order valence-electron chi connectivity index (χ3n) is 6.27. The van der Waals surface area contributed by atoms with E-state index in [1.165, 1.54) is 6.42 Å². The average Bonchev–Trinajstić information content (AvgIpc) is 2.61. The molecule has 2 heteroatoms. The molecule has 0 heterocycles. The quantitative estimate of drug-likeness (QED) is 0.745. The van der Waals surface area contributed by atoms with Crippen LogP contribution in [0.1, 0.15) is 78.6 Å². The highest BCUT2D eigenvalue weighted by atomic mass is 16.3. The average molecular weight is 277 g/mol. The zero-order valence-electron chi connectivity index (χ0n) is 13.5. The Balaban J connectivity index is 2.13. The summed E-state index contributed by atoms with van der Waals surface area (Å²) in [6, 6.07) is 2.58. The first kappa shape index (κ1) is 15.8. The van der Waals surface area contributed by atoms with Crippen LogP contribution in [0.4, 0.5) is 0 Å². The molecule has 2 rings (SSSR count). The van der Waals surface area contributed by atoms with Crippen molar-refractivity contribution in [3.05, 3.63) is 0 Å². The van der Waals surface area contributed by atoms with Crippen molar-refractivity contribution in [3.63, 3.8) is 0 Å². The largest absolute Gasteiger partial charge is 0.388 e. The molecule has 0 spiro atoms. The summed E-state index contributed by atoms with van der Waals surface area (Å²) < 4.78 is 0. The van der Waals surface area contributed by atoms with E-state index in [2.05, 4.69) is 26.8 Å². The first-order valence-corrected chi connectivity index (χ1v) is 8.56. The predicted molar refractivity (Wildman–Crippen MR) is 82.0 cm³/mol. The van der Waals surface area contributed by atoms with Gasteiger partial charge in [0, 0.05) is 0 Å². The molecule has 2 aliphatic rings. The minimum Gasteiger partial charge on any atom is -0.388 e. The molecule has 2 atom stereocenters. The lowest BCUT2D eigenvalue weighted by atomic mass is 9.59. The topological polar surface area (TPSA) is 44.0 Å². The molecule has 1 N–H and O–H groups in total. The van der Waals surface area contributed by atoms with Crippen molar-refractivity contribution in [2.75, 3.05) is 0 Å². The zero-order chi connectivity index (χ0) is 14.8. The van der Waals surface area contributed by atoms with Gasteiger partial charge in [0.05, 0.1) is 17.1 Å². The monoisotopic (exact) mass is 277 g/mol. The Morgan fingerprint density at radius 1 is 1.05 bits per heavy atom. The van der Waals surface area contributed by atoms with Crippen LogP contribution in [0, 0.1) is 34.5 Å². The van der Waals surface area contributed by atoms with Gasteiger partial charge in [-0.05, 0) is 62.7 Å². The van der Waals surface area contributed by atoms with E-state index in [1.807, 2.05) is 0 Å². The summed E-state index contributed by atoms with van der Waals surface area (Å²) in [4.78, 5) is 0. The number of nitrogens with zero attached hydrogens (tertiary/aromatic N) is 1. The third kappa shape index (κ3) is 2.89. The van der Waals surface area contributed by atoms with Crippen LogP contribution in [0.2, 0.25) is 0 Å². The van der Waals surface area contributed by atoms with E-state index in [9.17, 15) is 10.4 Å². The van der Waals surface area contributed by atoms with Gasteiger partial charge in [-0.3, -0.25) is 0 Å². The lowest BCUT2D eigenvalue weighted by molar-refractivity contribution is -0.0910. The van der Waals surface area contributed by atoms with Crippen LogP contribution >= 0.6 is 0 Å². The maximum atomic E-state index is 11.2. The molecule has 2 aliphatic carbocycles. The summed E-state index contributed by atoms with van der Waals surface area (Å²) in [6.45, 7) is 6.85. The maximum absolute atomic E-state index is 11.2. The van der Waals surface area contributed by atoms with Gasteiger partial charge in [-0.2, -0.15) is 5.26 Å². The Bertz CT molecular complexity index is 362. The molecule has 0 aromatic heterocycles. The molecular weight excluding hydrogens is 246 g/mol. The molecule has 0 bridgehead atoms. The second-order valence-corrected chi connectivity index (χ2v) is 7.84. The zero-order valence-corrected chi connectivity index (χ0v) is 13.5. The van der Waals surface area contributed by atoms with Crippen molar-refractivity contribution in [2.24, 2.45) is 23.2 Å². The summed E-state index contributed by atoms with van der Waals surface area (Å²) in [5.41, 5.74) is -1.20. The SMILES string of the molecule is CC1CCCC(O)(C2(C#N)CCC(C(C)C)CC2)CC1. The van der Waals surface area contributed by atoms with Gasteiger partial charge in [-0.15, -0.1) is 0 Å². The number of rotatable bonds is 2. The van der Waals surface area contributed by atoms with E-state index in [1.54, 1.807) is 0 Å². The van der Waals surface area contributed by atoms with Crippen LogP contribution < -0.4 is 0 Å². The summed E-state index contributed by atoms with van der Waals surface area (Å²) >= 11 is 0. The molecule has 0 aliphatic heterocycles. The molecule has 0 saturated heterocycles. The van der Waals surface area contributed by atoms with E-state index in [0.717, 1.165) is 57.3 Å². The van der Waals surface area contributed by atoms with E-state index in [-0.39, 0.29) is 0 Å². The standard InChI is InChI=1S/C18H31NO/c1-14(2)16-7-10-17(13-19,11-8-16)18(20)9-4-5-15(3)6-12-18/h14-16,20H,4-12H2,1-3H3. The second-order valence-electron chi connectivity index (χ2n) is 7.84. The van der Waals surface area contributed by atoms with Crippen molar-refractivity contribution < 1.29 is 5.11 Å². The lowest BCUT2D eigenvalue weighted by Gasteiger charge is -2.47. The molecule has 2 fully saturated rings.